The molecule has 1 aromatic carbocycles. The van der Waals surface area contributed by atoms with E-state index in [1.54, 1.807) is 4.90 Å². The lowest BCUT2D eigenvalue weighted by Gasteiger charge is -2.24. The van der Waals surface area contributed by atoms with Crippen molar-refractivity contribution in [2.24, 2.45) is 5.92 Å². The van der Waals surface area contributed by atoms with Crippen molar-refractivity contribution in [2.75, 3.05) is 26.7 Å². The van der Waals surface area contributed by atoms with Crippen LogP contribution >= 0.6 is 0 Å². The van der Waals surface area contributed by atoms with E-state index >= 15 is 0 Å². The second kappa shape index (κ2) is 8.18. The lowest BCUT2D eigenvalue weighted by molar-refractivity contribution is 0.0785. The van der Waals surface area contributed by atoms with Gasteiger partial charge in [-0.05, 0) is 43.9 Å². The maximum Gasteiger partial charge on any atom is 0.257 e. The van der Waals surface area contributed by atoms with Crippen LogP contribution < -0.4 is 10.1 Å². The number of fused-ring (bicyclic) bond motifs is 1. The summed E-state index contributed by atoms with van der Waals surface area (Å²) >= 11 is 0. The highest BCUT2D eigenvalue weighted by atomic mass is 16.5. The molecule has 0 saturated carbocycles. The molecule has 0 aromatic heterocycles. The highest BCUT2D eigenvalue weighted by molar-refractivity contribution is 5.96. The van der Waals surface area contributed by atoms with E-state index in [1.165, 1.54) is 0 Å². The summed E-state index contributed by atoms with van der Waals surface area (Å²) in [5.74, 6) is 1.36. The molecule has 0 bridgehead atoms. The largest absolute Gasteiger partial charge is 0.491 e. The number of carbonyl (C=O) groups is 1. The molecular formula is C18H28N2O2. The Balaban J connectivity index is 2.17. The summed E-state index contributed by atoms with van der Waals surface area (Å²) in [6.45, 7) is 6.81. The third-order valence-corrected chi connectivity index (χ3v) is 4.01. The van der Waals surface area contributed by atoms with Crippen molar-refractivity contribution in [3.05, 3.63) is 29.8 Å². The third kappa shape index (κ3) is 4.73. The van der Waals surface area contributed by atoms with E-state index in [-0.39, 0.29) is 5.91 Å². The van der Waals surface area contributed by atoms with Crippen molar-refractivity contribution in [2.45, 2.75) is 39.2 Å². The molecule has 0 unspecified atom stereocenters. The van der Waals surface area contributed by atoms with Crippen LogP contribution in [0.15, 0.2) is 24.3 Å². The average Bonchev–Trinajstić information content (AvgIpc) is 2.50. The van der Waals surface area contributed by atoms with Crippen molar-refractivity contribution >= 4 is 5.91 Å². The van der Waals surface area contributed by atoms with Crippen LogP contribution in [0.2, 0.25) is 0 Å². The van der Waals surface area contributed by atoms with Gasteiger partial charge in [0.2, 0.25) is 0 Å². The molecule has 22 heavy (non-hydrogen) atoms. The van der Waals surface area contributed by atoms with Crippen LogP contribution in [0.3, 0.4) is 0 Å². The number of para-hydroxylation sites is 1. The van der Waals surface area contributed by atoms with Gasteiger partial charge in [0.15, 0.2) is 0 Å². The van der Waals surface area contributed by atoms with Crippen LogP contribution in [0.5, 0.6) is 5.75 Å². The molecule has 0 aliphatic carbocycles. The van der Waals surface area contributed by atoms with Crippen molar-refractivity contribution in [3.63, 3.8) is 0 Å². The van der Waals surface area contributed by atoms with Crippen molar-refractivity contribution in [1.29, 1.82) is 0 Å². The van der Waals surface area contributed by atoms with Crippen LogP contribution in [0.4, 0.5) is 0 Å². The maximum atomic E-state index is 12.5. The summed E-state index contributed by atoms with van der Waals surface area (Å²) in [6, 6.07) is 7.89. The van der Waals surface area contributed by atoms with E-state index in [9.17, 15) is 4.79 Å². The van der Waals surface area contributed by atoms with Gasteiger partial charge in [0, 0.05) is 19.6 Å². The predicted molar refractivity (Wildman–Crippen MR) is 89.4 cm³/mol. The van der Waals surface area contributed by atoms with Crippen LogP contribution in [0.1, 0.15) is 43.5 Å². The molecule has 122 valence electrons. The first-order valence-corrected chi connectivity index (χ1v) is 8.28. The first-order valence-electron chi connectivity index (χ1n) is 8.28. The van der Waals surface area contributed by atoms with Gasteiger partial charge in [0.25, 0.3) is 5.91 Å². The Labute approximate surface area is 133 Å². The van der Waals surface area contributed by atoms with Crippen LogP contribution in [0.25, 0.3) is 0 Å². The number of rotatable bonds is 2. The van der Waals surface area contributed by atoms with Gasteiger partial charge >= 0.3 is 0 Å². The SMILES string of the molecule is CC(C)C[C@H]1COc2ccccc2C(=O)N(C)CCCCN1. The fourth-order valence-corrected chi connectivity index (χ4v) is 2.83. The second-order valence-corrected chi connectivity index (χ2v) is 6.52. The Morgan fingerprint density at radius 3 is 2.86 bits per heavy atom. The van der Waals surface area contributed by atoms with E-state index in [0.29, 0.717) is 29.9 Å². The molecular weight excluding hydrogens is 276 g/mol. The Hall–Kier alpha value is -1.55. The lowest BCUT2D eigenvalue weighted by Crippen LogP contribution is -2.38. The number of nitrogens with zero attached hydrogens (tertiary/aromatic N) is 1. The Bertz CT molecular complexity index is 488. The van der Waals surface area contributed by atoms with Gasteiger partial charge in [-0.2, -0.15) is 0 Å². The standard InChI is InChI=1S/C18H28N2O2/c1-14(2)12-15-13-22-17-9-5-4-8-16(17)18(21)20(3)11-7-6-10-19-15/h4-5,8-9,14-15,19H,6-7,10-13H2,1-3H3/t15-/m0/s1. The van der Waals surface area contributed by atoms with Gasteiger partial charge in [0.1, 0.15) is 12.4 Å². The topological polar surface area (TPSA) is 41.6 Å². The fraction of sp³-hybridized carbons (Fsp3) is 0.611. The number of ether oxygens (including phenoxy) is 1. The van der Waals surface area contributed by atoms with E-state index < -0.39 is 0 Å². The number of nitrogens with one attached hydrogen (secondary N) is 1. The molecule has 1 N–H and O–H groups in total. The first-order chi connectivity index (χ1) is 10.6. The third-order valence-electron chi connectivity index (χ3n) is 4.01. The van der Waals surface area contributed by atoms with E-state index in [1.807, 2.05) is 31.3 Å². The van der Waals surface area contributed by atoms with Crippen LogP contribution in [-0.2, 0) is 0 Å². The molecule has 1 amide bonds. The zero-order chi connectivity index (χ0) is 15.9. The lowest BCUT2D eigenvalue weighted by atomic mass is 10.0. The Morgan fingerprint density at radius 1 is 1.32 bits per heavy atom. The minimum Gasteiger partial charge on any atom is -0.491 e. The van der Waals surface area contributed by atoms with Gasteiger partial charge in [0.05, 0.1) is 5.56 Å². The maximum absolute atomic E-state index is 12.5. The number of hydrogen-bond acceptors (Lipinski definition) is 3. The molecule has 1 aromatic rings. The summed E-state index contributed by atoms with van der Waals surface area (Å²) in [4.78, 5) is 14.3. The molecule has 0 spiro atoms. The molecule has 2 rings (SSSR count). The smallest absolute Gasteiger partial charge is 0.257 e. The number of carbonyl (C=O) groups excluding carboxylic acids is 1. The summed E-state index contributed by atoms with van der Waals surface area (Å²) in [6.07, 6.45) is 3.18. The Kier molecular flexibility index (Phi) is 6.25. The summed E-state index contributed by atoms with van der Waals surface area (Å²) in [7, 11) is 1.86. The van der Waals surface area contributed by atoms with Crippen molar-refractivity contribution in [3.8, 4) is 5.75 Å². The quantitative estimate of drug-likeness (QED) is 0.913. The molecule has 0 saturated heterocycles. The number of benzene rings is 1. The molecule has 4 nitrogen and oxygen atoms in total. The van der Waals surface area contributed by atoms with Gasteiger partial charge in [-0.25, -0.2) is 0 Å². The molecule has 1 aliphatic rings. The van der Waals surface area contributed by atoms with Crippen LogP contribution in [-0.4, -0.2) is 43.6 Å². The van der Waals surface area contributed by atoms with Gasteiger partial charge in [-0.1, -0.05) is 26.0 Å². The first kappa shape index (κ1) is 16.8. The molecule has 1 atom stereocenters. The minimum absolute atomic E-state index is 0.0459. The average molecular weight is 304 g/mol. The zero-order valence-corrected chi connectivity index (χ0v) is 14.0. The van der Waals surface area contributed by atoms with Gasteiger partial charge in [-0.3, -0.25) is 4.79 Å². The molecule has 4 heteroatoms. The molecule has 0 fully saturated rings. The van der Waals surface area contributed by atoms with E-state index in [2.05, 4.69) is 19.2 Å². The summed E-state index contributed by atoms with van der Waals surface area (Å²) in [5.41, 5.74) is 0.661. The highest BCUT2D eigenvalue weighted by Crippen LogP contribution is 2.21. The fourth-order valence-electron chi connectivity index (χ4n) is 2.83. The number of amides is 1. The van der Waals surface area contributed by atoms with E-state index in [4.69, 9.17) is 4.74 Å². The molecule has 1 heterocycles. The summed E-state index contributed by atoms with van der Waals surface area (Å²) in [5, 5.41) is 3.60. The minimum atomic E-state index is 0.0459. The Morgan fingerprint density at radius 2 is 2.09 bits per heavy atom. The van der Waals surface area contributed by atoms with E-state index in [0.717, 1.165) is 32.4 Å². The number of hydrogen-bond donors (Lipinski definition) is 1. The van der Waals surface area contributed by atoms with Crippen molar-refractivity contribution in [1.82, 2.24) is 10.2 Å². The van der Waals surface area contributed by atoms with Gasteiger partial charge < -0.3 is 15.0 Å². The highest BCUT2D eigenvalue weighted by Gasteiger charge is 2.19. The molecule has 1 aliphatic heterocycles. The normalized spacial score (nSPS) is 20.8. The van der Waals surface area contributed by atoms with Crippen LogP contribution in [0, 0.1) is 5.92 Å². The monoisotopic (exact) mass is 304 g/mol. The predicted octanol–water partition coefficient (Wildman–Crippen LogP) is 2.94. The molecule has 0 radical (unpaired) electrons. The van der Waals surface area contributed by atoms with Crippen molar-refractivity contribution < 1.29 is 9.53 Å². The van der Waals surface area contributed by atoms with Gasteiger partial charge in [-0.15, -0.1) is 0 Å². The second-order valence-electron chi connectivity index (χ2n) is 6.52. The summed E-state index contributed by atoms with van der Waals surface area (Å²) < 4.78 is 5.98. The zero-order valence-electron chi connectivity index (χ0n) is 14.0.